The van der Waals surface area contributed by atoms with E-state index in [0.717, 1.165) is 32.2 Å². The van der Waals surface area contributed by atoms with E-state index < -0.39 is 0 Å². The van der Waals surface area contributed by atoms with E-state index in [4.69, 9.17) is 0 Å². The van der Waals surface area contributed by atoms with Gasteiger partial charge >= 0.3 is 0 Å². The van der Waals surface area contributed by atoms with Crippen LogP contribution in [0, 0.1) is 17.2 Å². The average molecular weight is 339 g/mol. The zero-order valence-electron chi connectivity index (χ0n) is 14.8. The molecule has 0 spiro atoms. The Labute approximate surface area is 149 Å². The molecule has 0 radical (unpaired) electrons. The van der Waals surface area contributed by atoms with Crippen LogP contribution in [0.15, 0.2) is 24.3 Å². The van der Waals surface area contributed by atoms with Crippen LogP contribution in [-0.4, -0.2) is 47.3 Å². The van der Waals surface area contributed by atoms with Crippen molar-refractivity contribution < 1.29 is 9.59 Å². The second-order valence-electron chi connectivity index (χ2n) is 7.00. The topological polar surface area (TPSA) is 64.4 Å². The van der Waals surface area contributed by atoms with Gasteiger partial charge in [0.2, 0.25) is 5.91 Å². The Hall–Kier alpha value is -2.35. The number of nitrogens with zero attached hydrogens (tertiary/aromatic N) is 3. The first-order valence-electron chi connectivity index (χ1n) is 9.23. The molecular weight excluding hydrogens is 314 g/mol. The van der Waals surface area contributed by atoms with E-state index in [1.54, 1.807) is 24.3 Å². The first-order valence-corrected chi connectivity index (χ1v) is 9.23. The number of piperidine rings is 2. The third kappa shape index (κ3) is 3.53. The van der Waals surface area contributed by atoms with Gasteiger partial charge in [-0.25, -0.2) is 0 Å². The number of nitriles is 1. The monoisotopic (exact) mass is 339 g/mol. The normalized spacial score (nSPS) is 23.1. The van der Waals surface area contributed by atoms with E-state index in [2.05, 4.69) is 17.9 Å². The highest BCUT2D eigenvalue weighted by atomic mass is 16.2. The predicted octanol–water partition coefficient (Wildman–Crippen LogP) is 2.81. The van der Waals surface area contributed by atoms with E-state index in [-0.39, 0.29) is 17.9 Å². The lowest BCUT2D eigenvalue weighted by Crippen LogP contribution is -2.57. The number of likely N-dealkylation sites (tertiary alicyclic amines) is 2. The van der Waals surface area contributed by atoms with Crippen LogP contribution in [0.3, 0.4) is 0 Å². The summed E-state index contributed by atoms with van der Waals surface area (Å²) in [5.41, 5.74) is 0.913. The smallest absolute Gasteiger partial charge is 0.255 e. The molecule has 2 aliphatic heterocycles. The SMILES string of the molecule is CCCCN1C(=O)CC[C@H]2CN(C(=O)c3ccccc3C#N)CC[C@H]21. The van der Waals surface area contributed by atoms with Crippen LogP contribution in [-0.2, 0) is 4.79 Å². The van der Waals surface area contributed by atoms with E-state index >= 15 is 0 Å². The van der Waals surface area contributed by atoms with Crippen molar-refractivity contribution in [1.29, 1.82) is 5.26 Å². The molecule has 2 atom stereocenters. The maximum atomic E-state index is 12.9. The highest BCUT2D eigenvalue weighted by Gasteiger charge is 2.40. The average Bonchev–Trinajstić information content (AvgIpc) is 2.66. The second kappa shape index (κ2) is 7.69. The summed E-state index contributed by atoms with van der Waals surface area (Å²) in [7, 11) is 0. The Kier molecular flexibility index (Phi) is 5.37. The molecule has 0 aliphatic carbocycles. The molecule has 1 aromatic rings. The molecule has 5 heteroatoms. The highest BCUT2D eigenvalue weighted by molar-refractivity contribution is 5.96. The third-order valence-electron chi connectivity index (χ3n) is 5.46. The molecule has 5 nitrogen and oxygen atoms in total. The van der Waals surface area contributed by atoms with Gasteiger partial charge < -0.3 is 9.80 Å². The van der Waals surface area contributed by atoms with Crippen LogP contribution in [0.5, 0.6) is 0 Å². The van der Waals surface area contributed by atoms with E-state index in [9.17, 15) is 14.9 Å². The lowest BCUT2D eigenvalue weighted by molar-refractivity contribution is -0.140. The Morgan fingerprint density at radius 1 is 1.32 bits per heavy atom. The molecule has 0 bridgehead atoms. The molecule has 0 unspecified atom stereocenters. The molecule has 2 fully saturated rings. The summed E-state index contributed by atoms with van der Waals surface area (Å²) in [4.78, 5) is 29.1. The largest absolute Gasteiger partial charge is 0.339 e. The lowest BCUT2D eigenvalue weighted by Gasteiger charge is -2.47. The summed E-state index contributed by atoms with van der Waals surface area (Å²) in [6, 6.07) is 9.36. The molecule has 0 saturated carbocycles. The molecule has 2 aliphatic rings. The minimum absolute atomic E-state index is 0.0624. The molecule has 0 N–H and O–H groups in total. The van der Waals surface area contributed by atoms with Crippen molar-refractivity contribution in [3.05, 3.63) is 35.4 Å². The Morgan fingerprint density at radius 3 is 2.88 bits per heavy atom. The fraction of sp³-hybridized carbons (Fsp3) is 0.550. The molecule has 1 aromatic carbocycles. The summed E-state index contributed by atoms with van der Waals surface area (Å²) in [5.74, 6) is 0.554. The number of fused-ring (bicyclic) bond motifs is 1. The first-order chi connectivity index (χ1) is 12.2. The minimum Gasteiger partial charge on any atom is -0.339 e. The van der Waals surface area contributed by atoms with Gasteiger partial charge in [0.05, 0.1) is 17.2 Å². The molecule has 25 heavy (non-hydrogen) atoms. The number of unbranched alkanes of at least 4 members (excludes halogenated alkanes) is 1. The van der Waals surface area contributed by atoms with Crippen LogP contribution in [0.1, 0.15) is 54.9 Å². The van der Waals surface area contributed by atoms with Crippen molar-refractivity contribution in [2.75, 3.05) is 19.6 Å². The molecule has 3 rings (SSSR count). The fourth-order valence-corrected chi connectivity index (χ4v) is 4.09. The van der Waals surface area contributed by atoms with Gasteiger partial charge in [-0.15, -0.1) is 0 Å². The van der Waals surface area contributed by atoms with Crippen molar-refractivity contribution >= 4 is 11.8 Å². The van der Waals surface area contributed by atoms with Crippen molar-refractivity contribution in [2.24, 2.45) is 5.92 Å². The third-order valence-corrected chi connectivity index (χ3v) is 5.46. The number of carbonyl (C=O) groups is 2. The summed E-state index contributed by atoms with van der Waals surface area (Å²) in [6.45, 7) is 4.30. The number of carbonyl (C=O) groups excluding carboxylic acids is 2. The zero-order chi connectivity index (χ0) is 17.8. The van der Waals surface area contributed by atoms with Gasteiger partial charge in [0.25, 0.3) is 5.91 Å². The summed E-state index contributed by atoms with van der Waals surface area (Å²) in [5, 5.41) is 9.23. The van der Waals surface area contributed by atoms with Gasteiger partial charge in [0.15, 0.2) is 0 Å². The zero-order valence-corrected chi connectivity index (χ0v) is 14.8. The number of rotatable bonds is 4. The minimum atomic E-state index is -0.0624. The predicted molar refractivity (Wildman–Crippen MR) is 94.8 cm³/mol. The molecule has 2 saturated heterocycles. The van der Waals surface area contributed by atoms with Crippen LogP contribution in [0.2, 0.25) is 0 Å². The Morgan fingerprint density at radius 2 is 2.12 bits per heavy atom. The van der Waals surface area contributed by atoms with Gasteiger partial charge in [0, 0.05) is 32.1 Å². The van der Waals surface area contributed by atoms with Crippen LogP contribution in [0.25, 0.3) is 0 Å². The molecular formula is C20H25N3O2. The van der Waals surface area contributed by atoms with E-state index in [1.165, 1.54) is 0 Å². The van der Waals surface area contributed by atoms with Crippen LogP contribution in [0.4, 0.5) is 0 Å². The number of hydrogen-bond donors (Lipinski definition) is 0. The molecule has 2 amide bonds. The molecule has 0 aromatic heterocycles. The van der Waals surface area contributed by atoms with Crippen molar-refractivity contribution in [2.45, 2.75) is 45.1 Å². The number of benzene rings is 1. The number of amides is 2. The maximum absolute atomic E-state index is 12.9. The Balaban J connectivity index is 1.72. The molecule has 132 valence electrons. The van der Waals surface area contributed by atoms with E-state index in [0.29, 0.717) is 36.6 Å². The maximum Gasteiger partial charge on any atom is 0.255 e. The quantitative estimate of drug-likeness (QED) is 0.847. The van der Waals surface area contributed by atoms with Gasteiger partial charge in [0.1, 0.15) is 0 Å². The van der Waals surface area contributed by atoms with Gasteiger partial charge in [-0.1, -0.05) is 25.5 Å². The standard InChI is InChI=1S/C20H25N3O2/c1-2-3-11-23-18-10-12-22(14-16(18)8-9-19(23)24)20(25)17-7-5-4-6-15(17)13-21/h4-7,16,18H,2-3,8-12,14H2,1H3/t16-,18+/m0/s1. The summed E-state index contributed by atoms with van der Waals surface area (Å²) in [6.07, 6.45) is 4.39. The second-order valence-corrected chi connectivity index (χ2v) is 7.00. The van der Waals surface area contributed by atoms with Crippen molar-refractivity contribution in [3.8, 4) is 6.07 Å². The Bertz CT molecular complexity index is 694. The van der Waals surface area contributed by atoms with Gasteiger partial charge in [-0.2, -0.15) is 5.26 Å². The lowest BCUT2D eigenvalue weighted by atomic mass is 9.83. The van der Waals surface area contributed by atoms with Gasteiger partial charge in [-0.05, 0) is 37.3 Å². The van der Waals surface area contributed by atoms with Crippen LogP contribution < -0.4 is 0 Å². The first kappa shape index (κ1) is 17.5. The van der Waals surface area contributed by atoms with E-state index in [1.807, 2.05) is 4.90 Å². The van der Waals surface area contributed by atoms with Gasteiger partial charge in [-0.3, -0.25) is 9.59 Å². The summed E-state index contributed by atoms with van der Waals surface area (Å²) >= 11 is 0. The van der Waals surface area contributed by atoms with Crippen LogP contribution >= 0.6 is 0 Å². The molecule has 2 heterocycles. The van der Waals surface area contributed by atoms with Crippen molar-refractivity contribution in [1.82, 2.24) is 9.80 Å². The number of hydrogen-bond acceptors (Lipinski definition) is 3. The summed E-state index contributed by atoms with van der Waals surface area (Å²) < 4.78 is 0. The fourth-order valence-electron chi connectivity index (χ4n) is 4.09. The van der Waals surface area contributed by atoms with Crippen molar-refractivity contribution in [3.63, 3.8) is 0 Å². The highest BCUT2D eigenvalue weighted by Crippen LogP contribution is 2.32.